The molecule has 138 valence electrons. The molecule has 1 aliphatic rings. The van der Waals surface area contributed by atoms with Gasteiger partial charge in [-0.1, -0.05) is 18.2 Å². The Morgan fingerprint density at radius 3 is 2.50 bits per heavy atom. The molecule has 0 radical (unpaired) electrons. The number of rotatable bonds is 5. The maximum absolute atomic E-state index is 12.8. The standard InChI is InChI=1S/C19H22N2O4S/c1-14-9-10-15(26(23,24)21-11-5-6-12-21)13-16(14)19(22)20-17-7-3-4-8-18(17)25-2/h3-4,7-10,13H,5-6,11-12H2,1-2H3,(H,20,22). The third kappa shape index (κ3) is 3.59. The van der Waals surface area contributed by atoms with Gasteiger partial charge in [0.25, 0.3) is 5.91 Å². The van der Waals surface area contributed by atoms with Gasteiger partial charge in [-0.25, -0.2) is 8.42 Å². The molecule has 0 unspecified atom stereocenters. The van der Waals surface area contributed by atoms with Crippen molar-refractivity contribution in [1.29, 1.82) is 0 Å². The van der Waals surface area contributed by atoms with E-state index < -0.39 is 10.0 Å². The van der Waals surface area contributed by atoms with E-state index in [1.807, 2.05) is 6.07 Å². The largest absolute Gasteiger partial charge is 0.495 e. The predicted molar refractivity (Wildman–Crippen MR) is 100 cm³/mol. The second kappa shape index (κ2) is 7.47. The molecule has 26 heavy (non-hydrogen) atoms. The van der Waals surface area contributed by atoms with Crippen molar-refractivity contribution in [1.82, 2.24) is 4.31 Å². The number of ether oxygens (including phenoxy) is 1. The zero-order valence-electron chi connectivity index (χ0n) is 14.9. The number of nitrogens with one attached hydrogen (secondary N) is 1. The highest BCUT2D eigenvalue weighted by atomic mass is 32.2. The van der Waals surface area contributed by atoms with Gasteiger partial charge in [-0.05, 0) is 49.6 Å². The summed E-state index contributed by atoms with van der Waals surface area (Å²) in [5, 5.41) is 2.79. The molecule has 0 aromatic heterocycles. The Morgan fingerprint density at radius 2 is 1.81 bits per heavy atom. The van der Waals surface area contributed by atoms with Crippen LogP contribution in [-0.4, -0.2) is 38.8 Å². The van der Waals surface area contributed by atoms with Crippen LogP contribution < -0.4 is 10.1 Å². The molecule has 2 aromatic carbocycles. The smallest absolute Gasteiger partial charge is 0.256 e. The Labute approximate surface area is 153 Å². The molecule has 2 aromatic rings. The Bertz CT molecular complexity index is 919. The number of methoxy groups -OCH3 is 1. The van der Waals surface area contributed by atoms with Crippen LogP contribution in [0.25, 0.3) is 0 Å². The van der Waals surface area contributed by atoms with Gasteiger partial charge in [-0.2, -0.15) is 4.31 Å². The van der Waals surface area contributed by atoms with E-state index in [2.05, 4.69) is 5.32 Å². The number of nitrogens with zero attached hydrogens (tertiary/aromatic N) is 1. The minimum absolute atomic E-state index is 0.148. The van der Waals surface area contributed by atoms with Crippen molar-refractivity contribution in [3.8, 4) is 5.75 Å². The molecule has 1 heterocycles. The van der Waals surface area contributed by atoms with E-state index in [-0.39, 0.29) is 10.8 Å². The number of aryl methyl sites for hydroxylation is 1. The summed E-state index contributed by atoms with van der Waals surface area (Å²) < 4.78 is 32.2. The first-order valence-corrected chi connectivity index (χ1v) is 9.92. The first-order chi connectivity index (χ1) is 12.4. The average Bonchev–Trinajstić information content (AvgIpc) is 3.18. The van der Waals surface area contributed by atoms with Gasteiger partial charge in [0.15, 0.2) is 0 Å². The first-order valence-electron chi connectivity index (χ1n) is 8.48. The minimum Gasteiger partial charge on any atom is -0.495 e. The molecular weight excluding hydrogens is 352 g/mol. The van der Waals surface area contributed by atoms with Crippen LogP contribution in [0.15, 0.2) is 47.4 Å². The van der Waals surface area contributed by atoms with Crippen molar-refractivity contribution in [2.75, 3.05) is 25.5 Å². The van der Waals surface area contributed by atoms with Crippen molar-refractivity contribution < 1.29 is 17.9 Å². The van der Waals surface area contributed by atoms with Crippen LogP contribution in [0, 0.1) is 6.92 Å². The summed E-state index contributed by atoms with van der Waals surface area (Å²) in [7, 11) is -2.04. The van der Waals surface area contributed by atoms with Crippen molar-refractivity contribution in [2.24, 2.45) is 0 Å². The maximum Gasteiger partial charge on any atom is 0.256 e. The molecule has 1 N–H and O–H groups in total. The first kappa shape index (κ1) is 18.4. The summed E-state index contributed by atoms with van der Waals surface area (Å²) >= 11 is 0. The third-order valence-electron chi connectivity index (χ3n) is 4.51. The molecule has 0 atom stereocenters. The molecule has 6 nitrogen and oxygen atoms in total. The summed E-state index contributed by atoms with van der Waals surface area (Å²) in [6.45, 7) is 2.83. The fraction of sp³-hybridized carbons (Fsp3) is 0.316. The van der Waals surface area contributed by atoms with Crippen molar-refractivity contribution in [3.63, 3.8) is 0 Å². The number of amides is 1. The van der Waals surface area contributed by atoms with Gasteiger partial charge in [0.2, 0.25) is 10.0 Å². The number of hydrogen-bond donors (Lipinski definition) is 1. The van der Waals surface area contributed by atoms with E-state index in [4.69, 9.17) is 4.74 Å². The number of carbonyl (C=O) groups is 1. The molecule has 0 spiro atoms. The second-order valence-electron chi connectivity index (χ2n) is 6.24. The lowest BCUT2D eigenvalue weighted by molar-refractivity contribution is 0.102. The number of anilines is 1. The highest BCUT2D eigenvalue weighted by Gasteiger charge is 2.28. The molecule has 0 saturated carbocycles. The summed E-state index contributed by atoms with van der Waals surface area (Å²) in [5.41, 5.74) is 1.57. The Balaban J connectivity index is 1.91. The van der Waals surface area contributed by atoms with Crippen LogP contribution in [0.1, 0.15) is 28.8 Å². The van der Waals surface area contributed by atoms with E-state index in [0.29, 0.717) is 35.7 Å². The molecule has 0 aliphatic carbocycles. The van der Waals surface area contributed by atoms with Crippen LogP contribution in [-0.2, 0) is 10.0 Å². The van der Waals surface area contributed by atoms with E-state index in [9.17, 15) is 13.2 Å². The Hall–Kier alpha value is -2.38. The summed E-state index contributed by atoms with van der Waals surface area (Å²) in [5.74, 6) is 0.171. The minimum atomic E-state index is -3.57. The molecule has 1 saturated heterocycles. The SMILES string of the molecule is COc1ccccc1NC(=O)c1cc(S(=O)(=O)N2CCCC2)ccc1C. The molecule has 1 amide bonds. The number of benzene rings is 2. The zero-order valence-corrected chi connectivity index (χ0v) is 15.7. The van der Waals surface area contributed by atoms with Crippen LogP contribution in [0.5, 0.6) is 5.75 Å². The normalized spacial score (nSPS) is 15.0. The van der Waals surface area contributed by atoms with Crippen molar-refractivity contribution in [2.45, 2.75) is 24.7 Å². The predicted octanol–water partition coefficient (Wildman–Crippen LogP) is 3.04. The quantitative estimate of drug-likeness (QED) is 0.873. The van der Waals surface area contributed by atoms with Crippen molar-refractivity contribution in [3.05, 3.63) is 53.6 Å². The Kier molecular flexibility index (Phi) is 5.29. The highest BCUT2D eigenvalue weighted by molar-refractivity contribution is 7.89. The molecule has 0 bridgehead atoms. The molecule has 3 rings (SSSR count). The zero-order chi connectivity index (χ0) is 18.7. The Morgan fingerprint density at radius 1 is 1.12 bits per heavy atom. The van der Waals surface area contributed by atoms with Gasteiger partial charge in [0, 0.05) is 18.7 Å². The van der Waals surface area contributed by atoms with Crippen LogP contribution in [0.3, 0.4) is 0 Å². The third-order valence-corrected chi connectivity index (χ3v) is 6.41. The van der Waals surface area contributed by atoms with Crippen molar-refractivity contribution >= 4 is 21.6 Å². The summed E-state index contributed by atoms with van der Waals surface area (Å²) in [4.78, 5) is 12.9. The van der Waals surface area contributed by atoms with Gasteiger partial charge < -0.3 is 10.1 Å². The van der Waals surface area contributed by atoms with E-state index >= 15 is 0 Å². The number of carbonyl (C=O) groups excluding carboxylic acids is 1. The van der Waals surface area contributed by atoms with Gasteiger partial charge >= 0.3 is 0 Å². The number of hydrogen-bond acceptors (Lipinski definition) is 4. The average molecular weight is 374 g/mol. The molecule has 1 fully saturated rings. The molecule has 1 aliphatic heterocycles. The van der Waals surface area contributed by atoms with Crippen LogP contribution in [0.2, 0.25) is 0 Å². The van der Waals surface area contributed by atoms with Crippen LogP contribution in [0.4, 0.5) is 5.69 Å². The lowest BCUT2D eigenvalue weighted by Gasteiger charge is -2.17. The van der Waals surface area contributed by atoms with Gasteiger partial charge in [-0.15, -0.1) is 0 Å². The topological polar surface area (TPSA) is 75.7 Å². The monoisotopic (exact) mass is 374 g/mol. The summed E-state index contributed by atoms with van der Waals surface area (Å²) in [6, 6.07) is 11.8. The van der Waals surface area contributed by atoms with Gasteiger partial charge in [-0.3, -0.25) is 4.79 Å². The van der Waals surface area contributed by atoms with Gasteiger partial charge in [0.05, 0.1) is 17.7 Å². The second-order valence-corrected chi connectivity index (χ2v) is 8.18. The number of para-hydroxylation sites is 2. The lowest BCUT2D eigenvalue weighted by atomic mass is 10.1. The van der Waals surface area contributed by atoms with E-state index in [1.165, 1.54) is 17.5 Å². The van der Waals surface area contributed by atoms with E-state index in [1.54, 1.807) is 37.3 Å². The molecular formula is C19H22N2O4S. The lowest BCUT2D eigenvalue weighted by Crippen LogP contribution is -2.28. The number of sulfonamides is 1. The molecule has 7 heteroatoms. The van der Waals surface area contributed by atoms with E-state index in [0.717, 1.165) is 12.8 Å². The maximum atomic E-state index is 12.8. The summed E-state index contributed by atoms with van der Waals surface area (Å²) in [6.07, 6.45) is 1.73. The van der Waals surface area contributed by atoms with Gasteiger partial charge in [0.1, 0.15) is 5.75 Å². The highest BCUT2D eigenvalue weighted by Crippen LogP contribution is 2.26. The fourth-order valence-electron chi connectivity index (χ4n) is 3.02. The van der Waals surface area contributed by atoms with Crippen LogP contribution >= 0.6 is 0 Å². The fourth-order valence-corrected chi connectivity index (χ4v) is 4.57.